The van der Waals surface area contributed by atoms with Crippen molar-refractivity contribution < 1.29 is 14.7 Å². The molecule has 0 atom stereocenters. The molecule has 0 fully saturated rings. The summed E-state index contributed by atoms with van der Waals surface area (Å²) in [6, 6.07) is 3.44. The number of carbonyl (C=O) groups is 2. The molecule has 0 aliphatic heterocycles. The number of pyridine rings is 1. The molecule has 1 amide bonds. The van der Waals surface area contributed by atoms with E-state index in [-0.39, 0.29) is 12.3 Å². The van der Waals surface area contributed by atoms with Gasteiger partial charge in [0.15, 0.2) is 5.65 Å². The van der Waals surface area contributed by atoms with Gasteiger partial charge in [-0.3, -0.25) is 14.0 Å². The van der Waals surface area contributed by atoms with E-state index in [9.17, 15) is 9.59 Å². The number of fused-ring (bicyclic) bond motifs is 1. The highest BCUT2D eigenvalue weighted by Gasteiger charge is 2.17. The zero-order valence-corrected chi connectivity index (χ0v) is 11.6. The standard InChI is InChI=1S/C13H14ClN3O3/c1-8-11(13(20)15-6-2-5-10(18)19)17-7-3-4-9(14)12(17)16-8/h3-4,7H,2,5-6H2,1H3,(H,15,20)(H,18,19). The molecule has 0 bridgehead atoms. The van der Waals surface area contributed by atoms with E-state index < -0.39 is 5.97 Å². The summed E-state index contributed by atoms with van der Waals surface area (Å²) in [5.41, 5.74) is 1.52. The molecule has 20 heavy (non-hydrogen) atoms. The molecular formula is C13H14ClN3O3. The van der Waals surface area contributed by atoms with Gasteiger partial charge in [0.1, 0.15) is 5.69 Å². The molecule has 2 N–H and O–H groups in total. The zero-order chi connectivity index (χ0) is 14.7. The molecule has 0 spiro atoms. The number of carboxylic acids is 1. The number of hydrogen-bond acceptors (Lipinski definition) is 3. The van der Waals surface area contributed by atoms with Gasteiger partial charge in [0.05, 0.1) is 10.7 Å². The van der Waals surface area contributed by atoms with Gasteiger partial charge < -0.3 is 10.4 Å². The molecule has 106 valence electrons. The number of carbonyl (C=O) groups excluding carboxylic acids is 1. The van der Waals surface area contributed by atoms with Crippen molar-refractivity contribution in [3.05, 3.63) is 34.7 Å². The molecule has 7 heteroatoms. The maximum absolute atomic E-state index is 12.1. The minimum atomic E-state index is -0.878. The lowest BCUT2D eigenvalue weighted by molar-refractivity contribution is -0.137. The number of imidazole rings is 1. The molecule has 2 rings (SSSR count). The van der Waals surface area contributed by atoms with Gasteiger partial charge in [-0.25, -0.2) is 4.98 Å². The van der Waals surface area contributed by atoms with Gasteiger partial charge in [0.25, 0.3) is 5.91 Å². The highest BCUT2D eigenvalue weighted by Crippen LogP contribution is 2.19. The van der Waals surface area contributed by atoms with E-state index in [1.807, 2.05) is 0 Å². The quantitative estimate of drug-likeness (QED) is 0.825. The lowest BCUT2D eigenvalue weighted by atomic mass is 10.3. The summed E-state index contributed by atoms with van der Waals surface area (Å²) in [7, 11) is 0. The summed E-state index contributed by atoms with van der Waals surface area (Å²) >= 11 is 6.03. The second-order valence-corrected chi connectivity index (χ2v) is 4.76. The fourth-order valence-electron chi connectivity index (χ4n) is 1.95. The Balaban J connectivity index is 2.16. The van der Waals surface area contributed by atoms with Crippen LogP contribution in [0.2, 0.25) is 5.02 Å². The minimum Gasteiger partial charge on any atom is -0.481 e. The monoisotopic (exact) mass is 295 g/mol. The Morgan fingerprint density at radius 3 is 2.95 bits per heavy atom. The van der Waals surface area contributed by atoms with Crippen LogP contribution < -0.4 is 5.32 Å². The van der Waals surface area contributed by atoms with E-state index >= 15 is 0 Å². The van der Waals surface area contributed by atoms with Crippen LogP contribution in [0.3, 0.4) is 0 Å². The third-order valence-corrected chi connectivity index (χ3v) is 3.14. The number of rotatable bonds is 5. The summed E-state index contributed by atoms with van der Waals surface area (Å²) < 4.78 is 1.63. The van der Waals surface area contributed by atoms with Crippen molar-refractivity contribution in [3.8, 4) is 0 Å². The second-order valence-electron chi connectivity index (χ2n) is 4.35. The van der Waals surface area contributed by atoms with Crippen molar-refractivity contribution in [2.45, 2.75) is 19.8 Å². The van der Waals surface area contributed by atoms with Crippen LogP contribution in [0.1, 0.15) is 29.0 Å². The SMILES string of the molecule is Cc1nc2c(Cl)cccn2c1C(=O)NCCCC(=O)O. The van der Waals surface area contributed by atoms with E-state index in [2.05, 4.69) is 10.3 Å². The first-order valence-electron chi connectivity index (χ1n) is 6.14. The van der Waals surface area contributed by atoms with E-state index in [0.29, 0.717) is 35.0 Å². The summed E-state index contributed by atoms with van der Waals surface area (Å²) in [5.74, 6) is -1.17. The van der Waals surface area contributed by atoms with Gasteiger partial charge in [-0.15, -0.1) is 0 Å². The first-order chi connectivity index (χ1) is 9.50. The Morgan fingerprint density at radius 2 is 2.25 bits per heavy atom. The predicted molar refractivity (Wildman–Crippen MR) is 74.1 cm³/mol. The maximum atomic E-state index is 12.1. The number of nitrogens with one attached hydrogen (secondary N) is 1. The van der Waals surface area contributed by atoms with E-state index in [4.69, 9.17) is 16.7 Å². The molecule has 0 saturated heterocycles. The van der Waals surface area contributed by atoms with Gasteiger partial charge in [0.2, 0.25) is 0 Å². The first-order valence-corrected chi connectivity index (χ1v) is 6.51. The molecule has 0 aliphatic carbocycles. The number of carboxylic acid groups (broad SMARTS) is 1. The number of halogens is 1. The molecule has 2 aromatic heterocycles. The molecule has 0 aromatic carbocycles. The molecule has 2 aromatic rings. The van der Waals surface area contributed by atoms with Crippen LogP contribution in [0.4, 0.5) is 0 Å². The van der Waals surface area contributed by atoms with Crippen LogP contribution in [0.15, 0.2) is 18.3 Å². The van der Waals surface area contributed by atoms with Gasteiger partial charge in [-0.05, 0) is 25.5 Å². The van der Waals surface area contributed by atoms with Gasteiger partial charge in [-0.2, -0.15) is 0 Å². The van der Waals surface area contributed by atoms with Crippen molar-refractivity contribution in [2.75, 3.05) is 6.54 Å². The second kappa shape index (κ2) is 5.92. The van der Waals surface area contributed by atoms with Gasteiger partial charge in [0, 0.05) is 19.2 Å². The van der Waals surface area contributed by atoms with Crippen molar-refractivity contribution in [1.82, 2.24) is 14.7 Å². The molecule has 0 radical (unpaired) electrons. The largest absolute Gasteiger partial charge is 0.481 e. The smallest absolute Gasteiger partial charge is 0.303 e. The average Bonchev–Trinajstić information content (AvgIpc) is 2.72. The molecule has 0 unspecified atom stereocenters. The van der Waals surface area contributed by atoms with Crippen LogP contribution >= 0.6 is 11.6 Å². The summed E-state index contributed by atoms with van der Waals surface area (Å²) in [6.45, 7) is 2.04. The van der Waals surface area contributed by atoms with Crippen LogP contribution in [0, 0.1) is 6.92 Å². The first kappa shape index (κ1) is 14.3. The van der Waals surface area contributed by atoms with Gasteiger partial charge in [-0.1, -0.05) is 11.6 Å². The lowest BCUT2D eigenvalue weighted by Gasteiger charge is -2.05. The van der Waals surface area contributed by atoms with E-state index in [0.717, 1.165) is 0 Å². The molecule has 6 nitrogen and oxygen atoms in total. The molecule has 2 heterocycles. The minimum absolute atomic E-state index is 0.0260. The topological polar surface area (TPSA) is 83.7 Å². The van der Waals surface area contributed by atoms with Crippen molar-refractivity contribution in [1.29, 1.82) is 0 Å². The number of aromatic nitrogens is 2. The number of amides is 1. The third-order valence-electron chi connectivity index (χ3n) is 2.84. The highest BCUT2D eigenvalue weighted by atomic mass is 35.5. The third kappa shape index (κ3) is 2.91. The van der Waals surface area contributed by atoms with Crippen molar-refractivity contribution in [2.24, 2.45) is 0 Å². The normalized spacial score (nSPS) is 10.7. The number of hydrogen-bond donors (Lipinski definition) is 2. The Hall–Kier alpha value is -2.08. The predicted octanol–water partition coefficient (Wildman–Crippen LogP) is 1.89. The van der Waals surface area contributed by atoms with Crippen LogP contribution in [0.5, 0.6) is 0 Å². The fraction of sp³-hybridized carbons (Fsp3) is 0.308. The zero-order valence-electron chi connectivity index (χ0n) is 10.9. The molecule has 0 saturated carbocycles. The van der Waals surface area contributed by atoms with Gasteiger partial charge >= 0.3 is 5.97 Å². The summed E-state index contributed by atoms with van der Waals surface area (Å²) in [6.07, 6.45) is 2.13. The fourth-order valence-corrected chi connectivity index (χ4v) is 2.15. The molecule has 0 aliphatic rings. The van der Waals surface area contributed by atoms with E-state index in [1.54, 1.807) is 29.7 Å². The number of nitrogens with zero attached hydrogens (tertiary/aromatic N) is 2. The van der Waals surface area contributed by atoms with Crippen molar-refractivity contribution in [3.63, 3.8) is 0 Å². The Kier molecular flexibility index (Phi) is 4.24. The number of aliphatic carboxylic acids is 1. The molecular weight excluding hydrogens is 282 g/mol. The van der Waals surface area contributed by atoms with Crippen molar-refractivity contribution >= 4 is 29.1 Å². The number of aryl methyl sites for hydroxylation is 1. The highest BCUT2D eigenvalue weighted by molar-refractivity contribution is 6.33. The Morgan fingerprint density at radius 1 is 1.50 bits per heavy atom. The summed E-state index contributed by atoms with van der Waals surface area (Å²) in [4.78, 5) is 26.8. The van der Waals surface area contributed by atoms with E-state index in [1.165, 1.54) is 0 Å². The maximum Gasteiger partial charge on any atom is 0.303 e. The summed E-state index contributed by atoms with van der Waals surface area (Å²) in [5, 5.41) is 11.7. The Labute approximate surface area is 120 Å². The average molecular weight is 296 g/mol. The lowest BCUT2D eigenvalue weighted by Crippen LogP contribution is -2.26. The Bertz CT molecular complexity index is 666. The van der Waals surface area contributed by atoms with Crippen LogP contribution in [-0.2, 0) is 4.79 Å². The van der Waals surface area contributed by atoms with Crippen LogP contribution in [0.25, 0.3) is 5.65 Å². The van der Waals surface area contributed by atoms with Crippen LogP contribution in [-0.4, -0.2) is 32.9 Å².